The molecule has 0 aromatic heterocycles. The zero-order chi connectivity index (χ0) is 12.7. The summed E-state index contributed by atoms with van der Waals surface area (Å²) in [6.45, 7) is 4.25. The standard InChI is InChI=1S/C13H29N3O/c1-15-8-4-7-13(11-15)16(2)10-12(14)6-5-9-17-3/h12-13H,4-11,14H2,1-3H3. The molecule has 1 rings (SSSR count). The number of nitrogens with zero attached hydrogens (tertiary/aromatic N) is 2. The number of piperidine rings is 1. The van der Waals surface area contributed by atoms with E-state index < -0.39 is 0 Å². The molecule has 0 aromatic rings. The molecule has 0 amide bonds. The molecule has 102 valence electrons. The van der Waals surface area contributed by atoms with Crippen LogP contribution in [0.2, 0.25) is 0 Å². The molecule has 4 heteroatoms. The Morgan fingerprint density at radius 1 is 1.53 bits per heavy atom. The molecule has 4 nitrogen and oxygen atoms in total. The van der Waals surface area contributed by atoms with E-state index in [9.17, 15) is 0 Å². The van der Waals surface area contributed by atoms with Gasteiger partial charge in [-0.3, -0.25) is 0 Å². The van der Waals surface area contributed by atoms with Crippen molar-refractivity contribution in [2.24, 2.45) is 5.73 Å². The average molecular weight is 243 g/mol. The fourth-order valence-corrected chi connectivity index (χ4v) is 2.60. The van der Waals surface area contributed by atoms with E-state index in [4.69, 9.17) is 10.5 Å². The number of nitrogens with two attached hydrogens (primary N) is 1. The lowest BCUT2D eigenvalue weighted by Crippen LogP contribution is -2.48. The summed E-state index contributed by atoms with van der Waals surface area (Å²) in [5, 5.41) is 0. The second-order valence-corrected chi connectivity index (χ2v) is 5.39. The third kappa shape index (κ3) is 5.82. The maximum atomic E-state index is 6.15. The van der Waals surface area contributed by atoms with Crippen molar-refractivity contribution in [3.05, 3.63) is 0 Å². The topological polar surface area (TPSA) is 41.7 Å². The van der Waals surface area contributed by atoms with Crippen LogP contribution in [-0.2, 0) is 4.74 Å². The van der Waals surface area contributed by atoms with E-state index in [0.29, 0.717) is 6.04 Å². The van der Waals surface area contributed by atoms with Gasteiger partial charge >= 0.3 is 0 Å². The quantitative estimate of drug-likeness (QED) is 0.671. The number of hydrogen-bond acceptors (Lipinski definition) is 4. The first-order valence-corrected chi connectivity index (χ1v) is 6.76. The van der Waals surface area contributed by atoms with Crippen molar-refractivity contribution in [2.75, 3.05) is 47.4 Å². The van der Waals surface area contributed by atoms with Crippen molar-refractivity contribution >= 4 is 0 Å². The summed E-state index contributed by atoms with van der Waals surface area (Å²) >= 11 is 0. The van der Waals surface area contributed by atoms with Crippen molar-refractivity contribution in [3.8, 4) is 0 Å². The van der Waals surface area contributed by atoms with Gasteiger partial charge in [0.25, 0.3) is 0 Å². The lowest BCUT2D eigenvalue weighted by Gasteiger charge is -2.36. The van der Waals surface area contributed by atoms with Crippen molar-refractivity contribution in [3.63, 3.8) is 0 Å². The summed E-state index contributed by atoms with van der Waals surface area (Å²) in [4.78, 5) is 4.86. The van der Waals surface area contributed by atoms with E-state index in [0.717, 1.165) is 26.0 Å². The van der Waals surface area contributed by atoms with Crippen LogP contribution < -0.4 is 5.73 Å². The van der Waals surface area contributed by atoms with Crippen molar-refractivity contribution < 1.29 is 4.74 Å². The smallest absolute Gasteiger partial charge is 0.0462 e. The summed E-state index contributed by atoms with van der Waals surface area (Å²) < 4.78 is 5.05. The van der Waals surface area contributed by atoms with Crippen LogP contribution in [0.4, 0.5) is 0 Å². The Kier molecular flexibility index (Phi) is 7.04. The average Bonchev–Trinajstić information content (AvgIpc) is 2.29. The number of likely N-dealkylation sites (N-methyl/N-ethyl adjacent to an activating group) is 2. The lowest BCUT2D eigenvalue weighted by atomic mass is 10.0. The molecular formula is C13H29N3O. The summed E-state index contributed by atoms with van der Waals surface area (Å²) in [6, 6.07) is 0.963. The zero-order valence-electron chi connectivity index (χ0n) is 11.7. The Hall–Kier alpha value is -0.160. The molecule has 1 fully saturated rings. The van der Waals surface area contributed by atoms with Gasteiger partial charge in [0.2, 0.25) is 0 Å². The van der Waals surface area contributed by atoms with Crippen molar-refractivity contribution in [2.45, 2.75) is 37.8 Å². The van der Waals surface area contributed by atoms with Crippen LogP contribution >= 0.6 is 0 Å². The normalized spacial score (nSPS) is 24.2. The molecule has 0 saturated carbocycles. The molecule has 1 aliphatic rings. The fraction of sp³-hybridized carbons (Fsp3) is 1.00. The minimum Gasteiger partial charge on any atom is -0.385 e. The van der Waals surface area contributed by atoms with Gasteiger partial charge in [0.1, 0.15) is 0 Å². The highest BCUT2D eigenvalue weighted by Crippen LogP contribution is 2.13. The van der Waals surface area contributed by atoms with Crippen molar-refractivity contribution in [1.29, 1.82) is 0 Å². The number of methoxy groups -OCH3 is 1. The lowest BCUT2D eigenvalue weighted by molar-refractivity contribution is 0.126. The summed E-state index contributed by atoms with van der Waals surface area (Å²) in [5.74, 6) is 0. The van der Waals surface area contributed by atoms with Gasteiger partial charge in [-0.05, 0) is 46.3 Å². The van der Waals surface area contributed by atoms with E-state index >= 15 is 0 Å². The van der Waals surface area contributed by atoms with Crippen molar-refractivity contribution in [1.82, 2.24) is 9.80 Å². The molecule has 0 aromatic carbocycles. The molecule has 0 radical (unpaired) electrons. The minimum absolute atomic E-state index is 0.280. The summed E-state index contributed by atoms with van der Waals surface area (Å²) in [5.41, 5.74) is 6.15. The molecule has 1 heterocycles. The first-order chi connectivity index (χ1) is 8.13. The van der Waals surface area contributed by atoms with Gasteiger partial charge in [-0.1, -0.05) is 0 Å². The Labute approximate surface area is 106 Å². The highest BCUT2D eigenvalue weighted by atomic mass is 16.5. The van der Waals surface area contributed by atoms with E-state index in [1.165, 1.54) is 25.9 Å². The fourth-order valence-electron chi connectivity index (χ4n) is 2.60. The van der Waals surface area contributed by atoms with Crippen LogP contribution in [0.3, 0.4) is 0 Å². The van der Waals surface area contributed by atoms with Gasteiger partial charge in [-0.15, -0.1) is 0 Å². The van der Waals surface area contributed by atoms with Gasteiger partial charge in [0.15, 0.2) is 0 Å². The summed E-state index contributed by atoms with van der Waals surface area (Å²) in [6.07, 6.45) is 4.74. The Morgan fingerprint density at radius 3 is 2.94 bits per heavy atom. The van der Waals surface area contributed by atoms with E-state index in [-0.39, 0.29) is 6.04 Å². The Morgan fingerprint density at radius 2 is 2.29 bits per heavy atom. The van der Waals surface area contributed by atoms with Gasteiger partial charge in [0.05, 0.1) is 0 Å². The first-order valence-electron chi connectivity index (χ1n) is 6.76. The van der Waals surface area contributed by atoms with Crippen LogP contribution in [0.15, 0.2) is 0 Å². The molecule has 2 unspecified atom stereocenters. The number of likely N-dealkylation sites (tertiary alicyclic amines) is 1. The largest absolute Gasteiger partial charge is 0.385 e. The molecule has 1 saturated heterocycles. The van der Waals surface area contributed by atoms with Gasteiger partial charge in [0, 0.05) is 38.9 Å². The number of ether oxygens (including phenoxy) is 1. The van der Waals surface area contributed by atoms with E-state index in [2.05, 4.69) is 23.9 Å². The molecule has 17 heavy (non-hydrogen) atoms. The van der Waals surface area contributed by atoms with Crippen LogP contribution in [0.25, 0.3) is 0 Å². The summed E-state index contributed by atoms with van der Waals surface area (Å²) in [7, 11) is 6.16. The number of rotatable bonds is 7. The maximum Gasteiger partial charge on any atom is 0.0462 e. The molecule has 2 N–H and O–H groups in total. The van der Waals surface area contributed by atoms with E-state index in [1.54, 1.807) is 7.11 Å². The van der Waals surface area contributed by atoms with Crippen LogP contribution in [0.5, 0.6) is 0 Å². The first kappa shape index (κ1) is 14.9. The molecule has 0 bridgehead atoms. The van der Waals surface area contributed by atoms with Gasteiger partial charge < -0.3 is 20.3 Å². The monoisotopic (exact) mass is 243 g/mol. The Bertz CT molecular complexity index is 201. The molecular weight excluding hydrogens is 214 g/mol. The van der Waals surface area contributed by atoms with Crippen LogP contribution in [0.1, 0.15) is 25.7 Å². The SMILES string of the molecule is COCCCC(N)CN(C)C1CCCN(C)C1. The predicted molar refractivity (Wildman–Crippen MR) is 72.2 cm³/mol. The third-order valence-electron chi connectivity index (χ3n) is 3.67. The highest BCUT2D eigenvalue weighted by molar-refractivity contribution is 4.79. The second-order valence-electron chi connectivity index (χ2n) is 5.39. The number of hydrogen-bond donors (Lipinski definition) is 1. The van der Waals surface area contributed by atoms with Crippen LogP contribution in [0, 0.1) is 0 Å². The van der Waals surface area contributed by atoms with Gasteiger partial charge in [-0.2, -0.15) is 0 Å². The zero-order valence-corrected chi connectivity index (χ0v) is 11.7. The Balaban J connectivity index is 2.20. The highest BCUT2D eigenvalue weighted by Gasteiger charge is 2.21. The third-order valence-corrected chi connectivity index (χ3v) is 3.67. The second kappa shape index (κ2) is 8.03. The van der Waals surface area contributed by atoms with Gasteiger partial charge in [-0.25, -0.2) is 0 Å². The van der Waals surface area contributed by atoms with E-state index in [1.807, 2.05) is 0 Å². The van der Waals surface area contributed by atoms with Crippen LogP contribution in [-0.4, -0.2) is 69.3 Å². The predicted octanol–water partition coefficient (Wildman–Crippen LogP) is 0.766. The maximum absolute atomic E-state index is 6.15. The molecule has 0 aliphatic carbocycles. The minimum atomic E-state index is 0.280. The molecule has 2 atom stereocenters. The molecule has 1 aliphatic heterocycles. The molecule has 0 spiro atoms.